The summed E-state index contributed by atoms with van der Waals surface area (Å²) < 4.78 is 0.710. The maximum Gasteiger partial charge on any atom is 0.326 e. The van der Waals surface area contributed by atoms with Gasteiger partial charge in [-0.25, -0.2) is 4.79 Å². The number of hydrogen-bond acceptors (Lipinski definition) is 3. The van der Waals surface area contributed by atoms with Crippen LogP contribution in [0.3, 0.4) is 0 Å². The first-order chi connectivity index (χ1) is 9.40. The Kier molecular flexibility index (Phi) is 6.04. The summed E-state index contributed by atoms with van der Waals surface area (Å²) in [5, 5.41) is 11.5. The molecule has 0 spiro atoms. The first-order valence-corrected chi connectivity index (χ1v) is 6.62. The van der Waals surface area contributed by atoms with Crippen molar-refractivity contribution < 1.29 is 14.7 Å². The van der Waals surface area contributed by atoms with E-state index < -0.39 is 17.9 Å². The third-order valence-electron chi connectivity index (χ3n) is 2.44. The molecule has 0 unspecified atom stereocenters. The van der Waals surface area contributed by atoms with Gasteiger partial charge in [-0.05, 0) is 34.8 Å². The van der Waals surface area contributed by atoms with Crippen LogP contribution in [0.25, 0.3) is 0 Å². The van der Waals surface area contributed by atoms with E-state index in [1.807, 2.05) is 0 Å². The van der Waals surface area contributed by atoms with Crippen molar-refractivity contribution in [2.75, 3.05) is 6.54 Å². The molecule has 1 aromatic heterocycles. The summed E-state index contributed by atoms with van der Waals surface area (Å²) in [7, 11) is 0. The normalized spacial score (nSPS) is 11.7. The number of hydrogen-bond donors (Lipinski definition) is 5. The second-order valence-corrected chi connectivity index (χ2v) is 4.96. The predicted octanol–water partition coefficient (Wildman–Crippen LogP) is 0.0138. The monoisotopic (exact) mass is 345 g/mol. The van der Waals surface area contributed by atoms with Gasteiger partial charge in [0, 0.05) is 17.2 Å². The molecule has 7 N–H and O–H groups in total. The lowest BCUT2D eigenvalue weighted by Crippen LogP contribution is -2.41. The Labute approximate surface area is 123 Å². The van der Waals surface area contributed by atoms with E-state index in [1.54, 1.807) is 12.3 Å². The van der Waals surface area contributed by atoms with Crippen molar-refractivity contribution in [2.45, 2.75) is 18.9 Å². The number of amides is 1. The van der Waals surface area contributed by atoms with Crippen LogP contribution in [0.4, 0.5) is 0 Å². The number of aliphatic imine (C=N–C) groups is 1. The Morgan fingerprint density at radius 1 is 1.50 bits per heavy atom. The summed E-state index contributed by atoms with van der Waals surface area (Å²) in [6.07, 6.45) is 2.27. The fourth-order valence-electron chi connectivity index (χ4n) is 1.50. The van der Waals surface area contributed by atoms with Crippen molar-refractivity contribution in [1.82, 2.24) is 10.3 Å². The maximum absolute atomic E-state index is 11.8. The number of rotatable bonds is 7. The number of aromatic amines is 1. The molecule has 0 aliphatic rings. The van der Waals surface area contributed by atoms with Crippen molar-refractivity contribution in [3.8, 4) is 0 Å². The Morgan fingerprint density at radius 3 is 2.70 bits per heavy atom. The van der Waals surface area contributed by atoms with E-state index in [4.69, 9.17) is 16.6 Å². The van der Waals surface area contributed by atoms with Gasteiger partial charge in [-0.1, -0.05) is 0 Å². The highest BCUT2D eigenvalue weighted by Gasteiger charge is 2.20. The number of carbonyl (C=O) groups is 2. The van der Waals surface area contributed by atoms with Crippen LogP contribution in [0.2, 0.25) is 0 Å². The lowest BCUT2D eigenvalue weighted by Gasteiger charge is -2.13. The summed E-state index contributed by atoms with van der Waals surface area (Å²) >= 11 is 3.19. The average molecular weight is 346 g/mol. The zero-order valence-electron chi connectivity index (χ0n) is 10.6. The Balaban J connectivity index is 2.52. The summed E-state index contributed by atoms with van der Waals surface area (Å²) in [5.74, 6) is -1.63. The molecule has 1 atom stereocenters. The molecule has 110 valence electrons. The van der Waals surface area contributed by atoms with Gasteiger partial charge in [0.05, 0.1) is 0 Å². The number of aromatic nitrogens is 1. The Bertz CT molecular complexity index is 510. The van der Waals surface area contributed by atoms with Crippen molar-refractivity contribution >= 4 is 33.8 Å². The quantitative estimate of drug-likeness (QED) is 0.268. The summed E-state index contributed by atoms with van der Waals surface area (Å²) in [4.78, 5) is 29.4. The van der Waals surface area contributed by atoms with Crippen LogP contribution in [0.1, 0.15) is 23.3 Å². The van der Waals surface area contributed by atoms with Crippen LogP contribution >= 0.6 is 15.9 Å². The van der Waals surface area contributed by atoms with Gasteiger partial charge in [-0.15, -0.1) is 0 Å². The van der Waals surface area contributed by atoms with E-state index in [0.29, 0.717) is 17.4 Å². The highest BCUT2D eigenvalue weighted by atomic mass is 79.9. The van der Waals surface area contributed by atoms with Gasteiger partial charge >= 0.3 is 5.97 Å². The van der Waals surface area contributed by atoms with E-state index in [1.165, 1.54) is 0 Å². The minimum Gasteiger partial charge on any atom is -0.480 e. The molecular weight excluding hydrogens is 330 g/mol. The first kappa shape index (κ1) is 16.0. The molecule has 0 aromatic carbocycles. The van der Waals surface area contributed by atoms with E-state index in [2.05, 4.69) is 31.2 Å². The van der Waals surface area contributed by atoms with E-state index in [9.17, 15) is 9.59 Å². The molecule has 1 heterocycles. The highest BCUT2D eigenvalue weighted by molar-refractivity contribution is 9.10. The summed E-state index contributed by atoms with van der Waals surface area (Å²) in [6.45, 7) is 0.316. The minimum absolute atomic E-state index is 0.0443. The molecule has 0 saturated carbocycles. The van der Waals surface area contributed by atoms with Crippen molar-refractivity contribution in [3.05, 3.63) is 22.4 Å². The zero-order valence-corrected chi connectivity index (χ0v) is 12.2. The minimum atomic E-state index is -1.10. The molecule has 9 heteroatoms. The fourth-order valence-corrected chi connectivity index (χ4v) is 1.84. The molecule has 1 rings (SSSR count). The van der Waals surface area contributed by atoms with E-state index in [-0.39, 0.29) is 18.1 Å². The summed E-state index contributed by atoms with van der Waals surface area (Å²) in [5.41, 5.74) is 10.6. The average Bonchev–Trinajstić information content (AvgIpc) is 2.79. The third-order valence-corrected chi connectivity index (χ3v) is 2.90. The van der Waals surface area contributed by atoms with Crippen LogP contribution in [0.15, 0.2) is 21.7 Å². The Hall–Kier alpha value is -2.03. The molecule has 8 nitrogen and oxygen atoms in total. The second-order valence-electron chi connectivity index (χ2n) is 4.04. The number of nitrogens with two attached hydrogens (primary N) is 2. The number of aliphatic carboxylic acids is 1. The predicted molar refractivity (Wildman–Crippen MR) is 77.3 cm³/mol. The van der Waals surface area contributed by atoms with Gasteiger partial charge in [-0.2, -0.15) is 0 Å². The van der Waals surface area contributed by atoms with Gasteiger partial charge in [0.25, 0.3) is 5.91 Å². The molecule has 0 fully saturated rings. The highest BCUT2D eigenvalue weighted by Crippen LogP contribution is 2.11. The van der Waals surface area contributed by atoms with E-state index >= 15 is 0 Å². The number of carboxylic acid groups (broad SMARTS) is 1. The lowest BCUT2D eigenvalue weighted by molar-refractivity contribution is -0.139. The Morgan fingerprint density at radius 2 is 2.20 bits per heavy atom. The molecule has 0 aliphatic carbocycles. The molecule has 0 bridgehead atoms. The molecular formula is C11H16BrN5O3. The number of guanidine groups is 1. The molecule has 1 amide bonds. The van der Waals surface area contributed by atoms with Crippen LogP contribution < -0.4 is 16.8 Å². The fraction of sp³-hybridized carbons (Fsp3) is 0.364. The molecule has 1 aromatic rings. The maximum atomic E-state index is 11.8. The van der Waals surface area contributed by atoms with Gasteiger partial charge in [0.2, 0.25) is 0 Å². The number of carbonyl (C=O) groups excluding carboxylic acids is 1. The summed E-state index contributed by atoms with van der Waals surface area (Å²) in [6, 6.07) is 0.576. The van der Waals surface area contributed by atoms with Crippen LogP contribution in [-0.2, 0) is 4.79 Å². The smallest absolute Gasteiger partial charge is 0.326 e. The van der Waals surface area contributed by atoms with Gasteiger partial charge in [-0.3, -0.25) is 9.79 Å². The number of carboxylic acids is 1. The third kappa shape index (κ3) is 5.31. The number of nitrogens with one attached hydrogen (secondary N) is 2. The largest absolute Gasteiger partial charge is 0.480 e. The first-order valence-electron chi connectivity index (χ1n) is 5.83. The number of nitrogens with zero attached hydrogens (tertiary/aromatic N) is 1. The second kappa shape index (κ2) is 7.53. The van der Waals surface area contributed by atoms with E-state index in [0.717, 1.165) is 0 Å². The van der Waals surface area contributed by atoms with Gasteiger partial charge < -0.3 is 26.9 Å². The SMILES string of the molecule is NC(N)=NCCC[C@@H](NC(=O)c1cc(Br)c[nH]1)C(=O)O. The van der Waals surface area contributed by atoms with Crippen molar-refractivity contribution in [3.63, 3.8) is 0 Å². The van der Waals surface area contributed by atoms with Crippen LogP contribution in [0, 0.1) is 0 Å². The molecule has 0 aliphatic heterocycles. The number of H-pyrrole nitrogens is 1. The van der Waals surface area contributed by atoms with Gasteiger partial charge in [0.1, 0.15) is 11.7 Å². The molecule has 20 heavy (non-hydrogen) atoms. The van der Waals surface area contributed by atoms with Gasteiger partial charge in [0.15, 0.2) is 5.96 Å². The standard InChI is InChI=1S/C11H16BrN5O3/c12-6-4-8(16-5-6)9(18)17-7(10(19)20)2-1-3-15-11(13)14/h4-5,7,16H,1-3H2,(H,17,18)(H,19,20)(H4,13,14,15)/t7-/m1/s1. The molecule has 0 radical (unpaired) electrons. The van der Waals surface area contributed by atoms with Crippen molar-refractivity contribution in [2.24, 2.45) is 16.5 Å². The topological polar surface area (TPSA) is 147 Å². The van der Waals surface area contributed by atoms with Crippen molar-refractivity contribution in [1.29, 1.82) is 0 Å². The lowest BCUT2D eigenvalue weighted by atomic mass is 10.1. The van der Waals surface area contributed by atoms with Crippen LogP contribution in [-0.4, -0.2) is 40.5 Å². The van der Waals surface area contributed by atoms with Crippen LogP contribution in [0.5, 0.6) is 0 Å². The number of halogens is 1. The zero-order chi connectivity index (χ0) is 15.1. The molecule has 0 saturated heterocycles.